The maximum absolute atomic E-state index is 12.2. The lowest BCUT2D eigenvalue weighted by molar-refractivity contribution is 0.0375. The topological polar surface area (TPSA) is 100 Å². The predicted molar refractivity (Wildman–Crippen MR) is 133 cm³/mol. The molecule has 8 heteroatoms. The van der Waals surface area contributed by atoms with E-state index in [9.17, 15) is 4.79 Å². The monoisotopic (exact) mass is 475 g/mol. The Morgan fingerprint density at radius 1 is 1.14 bits per heavy atom. The molecule has 0 spiro atoms. The number of pyridine rings is 1. The summed E-state index contributed by atoms with van der Waals surface area (Å²) in [7, 11) is 1.63. The maximum Gasteiger partial charge on any atom is 0.252 e. The van der Waals surface area contributed by atoms with E-state index in [0.29, 0.717) is 28.4 Å². The Labute approximate surface area is 203 Å². The Morgan fingerprint density at radius 3 is 2.74 bits per heavy atom. The lowest BCUT2D eigenvalue weighted by Gasteiger charge is -2.26. The Hall–Kier alpha value is -3.62. The molecule has 2 aromatic carbocycles. The zero-order valence-electron chi connectivity index (χ0n) is 20.0. The van der Waals surface area contributed by atoms with Crippen LogP contribution in [0.15, 0.2) is 47.0 Å². The van der Waals surface area contributed by atoms with Crippen LogP contribution in [0.25, 0.3) is 21.9 Å². The van der Waals surface area contributed by atoms with Crippen molar-refractivity contribution in [3.8, 4) is 17.2 Å². The number of carbonyl (C=O) groups excluding carboxylic acids is 1. The van der Waals surface area contributed by atoms with Crippen molar-refractivity contribution >= 4 is 27.8 Å². The molecule has 1 aliphatic rings. The van der Waals surface area contributed by atoms with E-state index in [2.05, 4.69) is 9.88 Å². The van der Waals surface area contributed by atoms with Gasteiger partial charge in [-0.1, -0.05) is 0 Å². The third kappa shape index (κ3) is 4.80. The van der Waals surface area contributed by atoms with Gasteiger partial charge in [-0.15, -0.1) is 0 Å². The average molecular weight is 476 g/mol. The highest BCUT2D eigenvalue weighted by atomic mass is 16.5. The van der Waals surface area contributed by atoms with Gasteiger partial charge in [-0.2, -0.15) is 0 Å². The number of aromatic nitrogens is 1. The second kappa shape index (κ2) is 9.93. The van der Waals surface area contributed by atoms with Gasteiger partial charge in [0.2, 0.25) is 0 Å². The standard InChI is InChI=1S/C27H29N3O5/c1-17-25(27(28)31)26-18(4-3-9-30-10-12-33-13-11-30)14-20(16-24(26)34-17)35-23-7-8-29-22-15-19(32-2)5-6-21(22)23/h5-8,14-16H,3-4,9-13H2,1-2H3,(H2,28,31). The van der Waals surface area contributed by atoms with Crippen LogP contribution in [-0.2, 0) is 11.2 Å². The van der Waals surface area contributed by atoms with Gasteiger partial charge < -0.3 is 24.4 Å². The van der Waals surface area contributed by atoms with Crippen molar-refractivity contribution < 1.29 is 23.4 Å². The van der Waals surface area contributed by atoms with E-state index >= 15 is 0 Å². The molecule has 5 rings (SSSR count). The van der Waals surface area contributed by atoms with Gasteiger partial charge in [0.25, 0.3) is 5.91 Å². The minimum absolute atomic E-state index is 0.439. The number of benzene rings is 2. The number of aryl methyl sites for hydroxylation is 2. The lowest BCUT2D eigenvalue weighted by atomic mass is 10.00. The summed E-state index contributed by atoms with van der Waals surface area (Å²) < 4.78 is 23.1. The van der Waals surface area contributed by atoms with Crippen molar-refractivity contribution in [2.45, 2.75) is 19.8 Å². The van der Waals surface area contributed by atoms with E-state index in [1.54, 1.807) is 20.2 Å². The first-order valence-electron chi connectivity index (χ1n) is 11.8. The summed E-state index contributed by atoms with van der Waals surface area (Å²) in [6, 6.07) is 11.3. The highest BCUT2D eigenvalue weighted by molar-refractivity contribution is 6.08. The summed E-state index contributed by atoms with van der Waals surface area (Å²) >= 11 is 0. The van der Waals surface area contributed by atoms with Crippen LogP contribution in [0.2, 0.25) is 0 Å². The molecule has 2 N–H and O–H groups in total. The maximum atomic E-state index is 12.2. The van der Waals surface area contributed by atoms with Gasteiger partial charge in [-0.05, 0) is 56.1 Å². The molecule has 4 aromatic rings. The van der Waals surface area contributed by atoms with Gasteiger partial charge in [0.05, 0.1) is 31.4 Å². The molecule has 0 bridgehead atoms. The number of methoxy groups -OCH3 is 1. The van der Waals surface area contributed by atoms with E-state index in [4.69, 9.17) is 24.4 Å². The van der Waals surface area contributed by atoms with Crippen molar-refractivity contribution in [3.05, 3.63) is 59.5 Å². The van der Waals surface area contributed by atoms with Crippen molar-refractivity contribution in [1.82, 2.24) is 9.88 Å². The minimum Gasteiger partial charge on any atom is -0.497 e. The molecular formula is C27H29N3O5. The number of rotatable bonds is 8. The fourth-order valence-corrected chi connectivity index (χ4v) is 4.72. The number of nitrogens with zero attached hydrogens (tertiary/aromatic N) is 2. The summed E-state index contributed by atoms with van der Waals surface area (Å²) in [4.78, 5) is 19.1. The van der Waals surface area contributed by atoms with Gasteiger partial charge in [-0.3, -0.25) is 14.7 Å². The van der Waals surface area contributed by atoms with E-state index in [1.807, 2.05) is 36.4 Å². The molecule has 0 atom stereocenters. The van der Waals surface area contributed by atoms with Crippen LogP contribution < -0.4 is 15.2 Å². The molecule has 182 valence electrons. The number of fused-ring (bicyclic) bond motifs is 2. The summed E-state index contributed by atoms with van der Waals surface area (Å²) in [5, 5.41) is 1.64. The van der Waals surface area contributed by atoms with E-state index in [1.165, 1.54) is 0 Å². The van der Waals surface area contributed by atoms with E-state index in [-0.39, 0.29) is 0 Å². The summed E-state index contributed by atoms with van der Waals surface area (Å²) in [6.07, 6.45) is 3.40. The van der Waals surface area contributed by atoms with Crippen LogP contribution in [-0.4, -0.2) is 55.7 Å². The number of furan rings is 1. The van der Waals surface area contributed by atoms with Gasteiger partial charge in [0.15, 0.2) is 0 Å². The van der Waals surface area contributed by atoms with Gasteiger partial charge in [-0.25, -0.2) is 0 Å². The van der Waals surface area contributed by atoms with Crippen LogP contribution in [0.3, 0.4) is 0 Å². The van der Waals surface area contributed by atoms with Crippen LogP contribution in [0.5, 0.6) is 17.2 Å². The lowest BCUT2D eigenvalue weighted by Crippen LogP contribution is -2.36. The molecule has 1 amide bonds. The molecule has 3 heterocycles. The fourth-order valence-electron chi connectivity index (χ4n) is 4.72. The number of primary amides is 1. The number of morpholine rings is 1. The molecule has 0 unspecified atom stereocenters. The highest BCUT2D eigenvalue weighted by Crippen LogP contribution is 2.36. The Kier molecular flexibility index (Phi) is 6.57. The SMILES string of the molecule is COc1ccc2c(Oc3cc(CCCN4CCOCC4)c4c(C(N)=O)c(C)oc4c3)ccnc2c1. The second-order valence-corrected chi connectivity index (χ2v) is 8.70. The molecule has 35 heavy (non-hydrogen) atoms. The normalized spacial score (nSPS) is 14.5. The van der Waals surface area contributed by atoms with Crippen molar-refractivity contribution in [1.29, 1.82) is 0 Å². The quantitative estimate of drug-likeness (QED) is 0.402. The second-order valence-electron chi connectivity index (χ2n) is 8.70. The van der Waals surface area contributed by atoms with Gasteiger partial charge >= 0.3 is 0 Å². The molecule has 0 saturated carbocycles. The molecule has 0 radical (unpaired) electrons. The third-order valence-corrected chi connectivity index (χ3v) is 6.43. The first-order chi connectivity index (χ1) is 17.0. The van der Waals surface area contributed by atoms with Crippen LogP contribution in [0, 0.1) is 6.92 Å². The molecule has 1 fully saturated rings. The number of ether oxygens (including phenoxy) is 3. The van der Waals surface area contributed by atoms with E-state index in [0.717, 1.165) is 73.3 Å². The zero-order valence-corrected chi connectivity index (χ0v) is 20.0. The molecule has 2 aromatic heterocycles. The van der Waals surface area contributed by atoms with Crippen LogP contribution in [0.4, 0.5) is 0 Å². The number of hydrogen-bond donors (Lipinski definition) is 1. The van der Waals surface area contributed by atoms with Crippen molar-refractivity contribution in [2.24, 2.45) is 5.73 Å². The van der Waals surface area contributed by atoms with Crippen LogP contribution in [0.1, 0.15) is 28.1 Å². The molecule has 1 saturated heterocycles. The summed E-state index contributed by atoms with van der Waals surface area (Å²) in [6.45, 7) is 6.14. The average Bonchev–Trinajstić information content (AvgIpc) is 3.20. The summed E-state index contributed by atoms with van der Waals surface area (Å²) in [5.41, 5.74) is 8.51. The molecule has 1 aliphatic heterocycles. The largest absolute Gasteiger partial charge is 0.497 e. The van der Waals surface area contributed by atoms with E-state index < -0.39 is 5.91 Å². The van der Waals surface area contributed by atoms with Gasteiger partial charge in [0.1, 0.15) is 28.6 Å². The van der Waals surface area contributed by atoms with Crippen molar-refractivity contribution in [3.63, 3.8) is 0 Å². The number of nitrogens with two attached hydrogens (primary N) is 1. The minimum atomic E-state index is -0.488. The zero-order chi connectivity index (χ0) is 24.4. The number of amides is 1. The predicted octanol–water partition coefficient (Wildman–Crippen LogP) is 4.45. The van der Waals surface area contributed by atoms with Gasteiger partial charge in [0, 0.05) is 42.2 Å². The van der Waals surface area contributed by atoms with Crippen LogP contribution >= 0.6 is 0 Å². The Bertz CT molecular complexity index is 1370. The first-order valence-corrected chi connectivity index (χ1v) is 11.8. The molecule has 0 aliphatic carbocycles. The Morgan fingerprint density at radius 2 is 1.97 bits per heavy atom. The third-order valence-electron chi connectivity index (χ3n) is 6.43. The number of carbonyl (C=O) groups is 1. The summed E-state index contributed by atoms with van der Waals surface area (Å²) in [5.74, 6) is 2.07. The molecule has 8 nitrogen and oxygen atoms in total. The number of hydrogen-bond acceptors (Lipinski definition) is 7. The first kappa shape index (κ1) is 23.1. The van der Waals surface area contributed by atoms with Crippen molar-refractivity contribution in [2.75, 3.05) is 40.0 Å². The Balaban J connectivity index is 1.49. The molecular weight excluding hydrogens is 446 g/mol. The smallest absolute Gasteiger partial charge is 0.252 e. The fraction of sp³-hybridized carbons (Fsp3) is 0.333. The highest BCUT2D eigenvalue weighted by Gasteiger charge is 2.21.